The standard InChI is InChI=1S/C27H27N3O5/c1-4-34-27(33)19-12-14-20(15-13-19)28-26(32)24-17(3)23-21(6-5-7-22(23)35-24)29-30-25(31)18-10-8-16(2)9-11-18/h8-15H,4-7H2,1-3H3,(H,28,32)(H,30,31)/b29-21+. The number of hydrogen-bond acceptors (Lipinski definition) is 6. The summed E-state index contributed by atoms with van der Waals surface area (Å²) in [4.78, 5) is 37.2. The third kappa shape index (κ3) is 5.32. The van der Waals surface area contributed by atoms with Crippen molar-refractivity contribution >= 4 is 29.2 Å². The van der Waals surface area contributed by atoms with Crippen molar-refractivity contribution in [1.29, 1.82) is 0 Å². The van der Waals surface area contributed by atoms with Crippen LogP contribution in [-0.2, 0) is 11.2 Å². The molecule has 2 amide bonds. The number of nitrogens with zero attached hydrogens (tertiary/aromatic N) is 1. The zero-order chi connectivity index (χ0) is 24.9. The number of furan rings is 1. The number of hydrogen-bond donors (Lipinski definition) is 2. The van der Waals surface area contributed by atoms with Gasteiger partial charge in [0, 0.05) is 28.8 Å². The Bertz CT molecular complexity index is 1290. The Balaban J connectivity index is 1.50. The summed E-state index contributed by atoms with van der Waals surface area (Å²) in [5.74, 6) is -0.233. The molecule has 1 heterocycles. The first-order valence-corrected chi connectivity index (χ1v) is 11.5. The van der Waals surface area contributed by atoms with E-state index in [0.29, 0.717) is 53.3 Å². The molecule has 8 nitrogen and oxygen atoms in total. The molecular formula is C27H27N3O5. The number of carbonyl (C=O) groups excluding carboxylic acids is 3. The Labute approximate surface area is 203 Å². The van der Waals surface area contributed by atoms with Crippen LogP contribution in [0.5, 0.6) is 0 Å². The molecule has 1 aliphatic carbocycles. The number of ether oxygens (including phenoxy) is 1. The molecule has 2 N–H and O–H groups in total. The minimum atomic E-state index is -0.416. The molecule has 0 saturated carbocycles. The van der Waals surface area contributed by atoms with Crippen LogP contribution in [0.25, 0.3) is 0 Å². The highest BCUT2D eigenvalue weighted by atomic mass is 16.5. The van der Waals surface area contributed by atoms with Crippen LogP contribution in [0.3, 0.4) is 0 Å². The van der Waals surface area contributed by atoms with E-state index in [-0.39, 0.29) is 11.7 Å². The van der Waals surface area contributed by atoms with Crippen molar-refractivity contribution in [3.8, 4) is 0 Å². The smallest absolute Gasteiger partial charge is 0.338 e. The van der Waals surface area contributed by atoms with Gasteiger partial charge in [-0.1, -0.05) is 17.7 Å². The normalized spacial score (nSPS) is 13.7. The molecule has 0 atom stereocenters. The lowest BCUT2D eigenvalue weighted by molar-refractivity contribution is 0.0526. The van der Waals surface area contributed by atoms with Crippen molar-refractivity contribution in [3.05, 3.63) is 87.9 Å². The number of esters is 1. The van der Waals surface area contributed by atoms with Crippen LogP contribution < -0.4 is 10.7 Å². The first-order chi connectivity index (χ1) is 16.9. The van der Waals surface area contributed by atoms with Gasteiger partial charge in [0.25, 0.3) is 11.8 Å². The summed E-state index contributed by atoms with van der Waals surface area (Å²) in [5, 5.41) is 7.17. The molecule has 1 aromatic heterocycles. The van der Waals surface area contributed by atoms with E-state index >= 15 is 0 Å². The summed E-state index contributed by atoms with van der Waals surface area (Å²) in [7, 11) is 0. The minimum absolute atomic E-state index is 0.198. The Morgan fingerprint density at radius 2 is 1.63 bits per heavy atom. The zero-order valence-electron chi connectivity index (χ0n) is 19.9. The van der Waals surface area contributed by atoms with Gasteiger partial charge in [-0.15, -0.1) is 0 Å². The maximum Gasteiger partial charge on any atom is 0.338 e. The van der Waals surface area contributed by atoms with Crippen LogP contribution in [0.4, 0.5) is 5.69 Å². The van der Waals surface area contributed by atoms with Gasteiger partial charge in [0.15, 0.2) is 5.76 Å². The maximum atomic E-state index is 13.0. The van der Waals surface area contributed by atoms with Crippen molar-refractivity contribution in [3.63, 3.8) is 0 Å². The van der Waals surface area contributed by atoms with Crippen molar-refractivity contribution in [2.75, 3.05) is 11.9 Å². The third-order valence-electron chi connectivity index (χ3n) is 5.79. The van der Waals surface area contributed by atoms with Gasteiger partial charge in [-0.2, -0.15) is 5.10 Å². The van der Waals surface area contributed by atoms with Crippen molar-refractivity contribution < 1.29 is 23.5 Å². The zero-order valence-corrected chi connectivity index (χ0v) is 19.9. The van der Waals surface area contributed by atoms with Gasteiger partial charge < -0.3 is 14.5 Å². The molecule has 180 valence electrons. The topological polar surface area (TPSA) is 110 Å². The van der Waals surface area contributed by atoms with Crippen molar-refractivity contribution in [2.24, 2.45) is 5.10 Å². The highest BCUT2D eigenvalue weighted by Gasteiger charge is 2.28. The van der Waals surface area contributed by atoms with E-state index in [4.69, 9.17) is 9.15 Å². The van der Waals surface area contributed by atoms with Gasteiger partial charge in [0.05, 0.1) is 17.9 Å². The molecule has 0 spiro atoms. The fourth-order valence-electron chi connectivity index (χ4n) is 3.98. The average Bonchev–Trinajstić information content (AvgIpc) is 3.20. The quantitative estimate of drug-likeness (QED) is 0.395. The summed E-state index contributed by atoms with van der Waals surface area (Å²) >= 11 is 0. The lowest BCUT2D eigenvalue weighted by atomic mass is 9.93. The van der Waals surface area contributed by atoms with E-state index in [1.165, 1.54) is 0 Å². The molecule has 4 rings (SSSR count). The molecule has 2 aromatic carbocycles. The first kappa shape index (κ1) is 23.9. The van der Waals surface area contributed by atoms with Crippen molar-refractivity contribution in [2.45, 2.75) is 40.0 Å². The molecule has 0 bridgehead atoms. The monoisotopic (exact) mass is 473 g/mol. The first-order valence-electron chi connectivity index (χ1n) is 11.5. The Morgan fingerprint density at radius 3 is 2.31 bits per heavy atom. The predicted octanol–water partition coefficient (Wildman–Crippen LogP) is 4.80. The van der Waals surface area contributed by atoms with Crippen LogP contribution in [0.2, 0.25) is 0 Å². The Morgan fingerprint density at radius 1 is 0.943 bits per heavy atom. The highest BCUT2D eigenvalue weighted by molar-refractivity contribution is 6.09. The van der Waals surface area contributed by atoms with Gasteiger partial charge in [-0.25, -0.2) is 10.2 Å². The van der Waals surface area contributed by atoms with Crippen LogP contribution in [0.1, 0.15) is 73.5 Å². The molecule has 0 saturated heterocycles. The third-order valence-corrected chi connectivity index (χ3v) is 5.79. The van der Waals surface area contributed by atoms with E-state index in [9.17, 15) is 14.4 Å². The maximum absolute atomic E-state index is 13.0. The SMILES string of the molecule is CCOC(=O)c1ccc(NC(=O)c2oc3c(c2C)/C(=N/NC(=O)c2ccc(C)cc2)CCC3)cc1. The lowest BCUT2D eigenvalue weighted by Crippen LogP contribution is -2.22. The van der Waals surface area contributed by atoms with Crippen molar-refractivity contribution in [1.82, 2.24) is 5.43 Å². The number of carbonyl (C=O) groups is 3. The molecule has 0 aliphatic heterocycles. The molecule has 0 fully saturated rings. The summed E-state index contributed by atoms with van der Waals surface area (Å²) < 4.78 is 10.9. The van der Waals surface area contributed by atoms with E-state index in [1.807, 2.05) is 26.0 Å². The van der Waals surface area contributed by atoms with Gasteiger partial charge >= 0.3 is 5.97 Å². The van der Waals surface area contributed by atoms with Crippen LogP contribution in [-0.4, -0.2) is 30.1 Å². The number of nitrogens with one attached hydrogen (secondary N) is 2. The van der Waals surface area contributed by atoms with Gasteiger partial charge in [-0.3, -0.25) is 9.59 Å². The molecule has 0 unspecified atom stereocenters. The van der Waals surface area contributed by atoms with E-state index < -0.39 is 11.9 Å². The molecule has 35 heavy (non-hydrogen) atoms. The largest absolute Gasteiger partial charge is 0.462 e. The molecule has 0 radical (unpaired) electrons. The van der Waals surface area contributed by atoms with Gasteiger partial charge in [0.1, 0.15) is 5.76 Å². The number of fused-ring (bicyclic) bond motifs is 1. The van der Waals surface area contributed by atoms with Crippen LogP contribution >= 0.6 is 0 Å². The fraction of sp³-hybridized carbons (Fsp3) is 0.259. The second kappa shape index (κ2) is 10.4. The summed E-state index contributed by atoms with van der Waals surface area (Å²) in [5.41, 5.74) is 7.27. The highest BCUT2D eigenvalue weighted by Crippen LogP contribution is 2.30. The fourth-order valence-corrected chi connectivity index (χ4v) is 3.98. The Kier molecular flexibility index (Phi) is 7.10. The second-order valence-electron chi connectivity index (χ2n) is 8.33. The molecule has 1 aliphatic rings. The van der Waals surface area contributed by atoms with Gasteiger partial charge in [-0.05, 0) is 70.0 Å². The summed E-state index contributed by atoms with van der Waals surface area (Å²) in [6, 6.07) is 13.7. The summed E-state index contributed by atoms with van der Waals surface area (Å²) in [6.07, 6.45) is 2.15. The second-order valence-corrected chi connectivity index (χ2v) is 8.33. The number of amides is 2. The van der Waals surface area contributed by atoms with E-state index in [2.05, 4.69) is 15.8 Å². The van der Waals surface area contributed by atoms with Crippen LogP contribution in [0, 0.1) is 13.8 Å². The van der Waals surface area contributed by atoms with Crippen LogP contribution in [0.15, 0.2) is 58.0 Å². The number of rotatable bonds is 6. The molecule has 8 heteroatoms. The van der Waals surface area contributed by atoms with E-state index in [1.54, 1.807) is 43.3 Å². The number of benzene rings is 2. The van der Waals surface area contributed by atoms with Gasteiger partial charge in [0.2, 0.25) is 0 Å². The molecular weight excluding hydrogens is 446 g/mol. The van der Waals surface area contributed by atoms with E-state index in [0.717, 1.165) is 17.5 Å². The summed E-state index contributed by atoms with van der Waals surface area (Å²) in [6.45, 7) is 5.80. The Hall–Kier alpha value is -4.20. The lowest BCUT2D eigenvalue weighted by Gasteiger charge is -2.13. The average molecular weight is 474 g/mol. The number of hydrazone groups is 1. The predicted molar refractivity (Wildman–Crippen MR) is 132 cm³/mol. The number of anilines is 1. The minimum Gasteiger partial charge on any atom is -0.462 e. The number of aryl methyl sites for hydroxylation is 2. The molecule has 3 aromatic rings.